The van der Waals surface area contributed by atoms with Crippen molar-refractivity contribution in [2.75, 3.05) is 25.5 Å². The van der Waals surface area contributed by atoms with Crippen LogP contribution in [-0.2, 0) is 9.53 Å². The summed E-state index contributed by atoms with van der Waals surface area (Å²) in [5, 5.41) is 2.79. The van der Waals surface area contributed by atoms with E-state index in [0.29, 0.717) is 13.1 Å². The zero-order valence-electron chi connectivity index (χ0n) is 11.6. The van der Waals surface area contributed by atoms with Crippen LogP contribution in [0.15, 0.2) is 30.3 Å². The molecular formula is C14H20N2O3. The summed E-state index contributed by atoms with van der Waals surface area (Å²) in [6.07, 6.45) is 0. The van der Waals surface area contributed by atoms with Crippen molar-refractivity contribution < 1.29 is 14.3 Å². The van der Waals surface area contributed by atoms with Crippen molar-refractivity contribution in [3.8, 4) is 0 Å². The first kappa shape index (κ1) is 15.0. The average Bonchev–Trinajstić information content (AvgIpc) is 2.44. The minimum Gasteiger partial charge on any atom is -0.469 e. The molecule has 1 unspecified atom stereocenters. The quantitative estimate of drug-likeness (QED) is 0.830. The summed E-state index contributed by atoms with van der Waals surface area (Å²) in [5.74, 6) is -0.655. The van der Waals surface area contributed by atoms with Crippen molar-refractivity contribution in [3.05, 3.63) is 30.3 Å². The first-order valence-electron chi connectivity index (χ1n) is 6.27. The van der Waals surface area contributed by atoms with E-state index in [1.54, 1.807) is 11.8 Å². The van der Waals surface area contributed by atoms with E-state index in [1.165, 1.54) is 7.11 Å². The molecule has 0 aliphatic carbocycles. The second-order valence-corrected chi connectivity index (χ2v) is 4.26. The molecule has 0 fully saturated rings. The topological polar surface area (TPSA) is 58.6 Å². The van der Waals surface area contributed by atoms with Gasteiger partial charge in [0.2, 0.25) is 0 Å². The molecule has 0 spiro atoms. The standard InChI is InChI=1S/C14H20N2O3/c1-4-16(10-11(2)13(17)19-3)14(18)15-12-8-6-5-7-9-12/h5-9,11H,4,10H2,1-3H3,(H,15,18). The number of esters is 1. The SMILES string of the molecule is CCN(CC(C)C(=O)OC)C(=O)Nc1ccccc1. The number of para-hydroxylation sites is 1. The molecule has 1 aromatic carbocycles. The van der Waals surface area contributed by atoms with Crippen molar-refractivity contribution in [1.82, 2.24) is 4.90 Å². The molecule has 1 rings (SSSR count). The molecule has 0 saturated carbocycles. The number of urea groups is 1. The maximum Gasteiger partial charge on any atom is 0.321 e. The van der Waals surface area contributed by atoms with E-state index in [4.69, 9.17) is 0 Å². The van der Waals surface area contributed by atoms with Gasteiger partial charge in [0.1, 0.15) is 0 Å². The third-order valence-corrected chi connectivity index (χ3v) is 2.79. The van der Waals surface area contributed by atoms with E-state index >= 15 is 0 Å². The molecule has 0 bridgehead atoms. The molecule has 0 heterocycles. The normalized spacial score (nSPS) is 11.5. The zero-order chi connectivity index (χ0) is 14.3. The highest BCUT2D eigenvalue weighted by Gasteiger charge is 2.20. The molecule has 0 aromatic heterocycles. The van der Waals surface area contributed by atoms with Crippen molar-refractivity contribution in [3.63, 3.8) is 0 Å². The maximum atomic E-state index is 12.1. The van der Waals surface area contributed by atoms with Crippen LogP contribution in [0.1, 0.15) is 13.8 Å². The van der Waals surface area contributed by atoms with Gasteiger partial charge in [0.15, 0.2) is 0 Å². The van der Waals surface area contributed by atoms with Gasteiger partial charge in [0, 0.05) is 18.8 Å². The second kappa shape index (κ2) is 7.41. The highest BCUT2D eigenvalue weighted by atomic mass is 16.5. The average molecular weight is 264 g/mol. The van der Waals surface area contributed by atoms with Crippen LogP contribution in [0.2, 0.25) is 0 Å². The predicted octanol–water partition coefficient (Wildman–Crippen LogP) is 2.35. The number of amides is 2. The smallest absolute Gasteiger partial charge is 0.321 e. The van der Waals surface area contributed by atoms with E-state index < -0.39 is 0 Å². The van der Waals surface area contributed by atoms with Gasteiger partial charge in [0.25, 0.3) is 0 Å². The third-order valence-electron chi connectivity index (χ3n) is 2.79. The molecule has 0 aliphatic rings. The number of benzene rings is 1. The number of ether oxygens (including phenoxy) is 1. The number of carbonyl (C=O) groups excluding carboxylic acids is 2. The Bertz CT molecular complexity index is 420. The first-order valence-corrected chi connectivity index (χ1v) is 6.27. The van der Waals surface area contributed by atoms with Gasteiger partial charge in [-0.05, 0) is 19.1 Å². The van der Waals surface area contributed by atoms with E-state index in [2.05, 4.69) is 10.1 Å². The molecule has 19 heavy (non-hydrogen) atoms. The molecule has 1 aromatic rings. The number of hydrogen-bond acceptors (Lipinski definition) is 3. The Morgan fingerprint density at radius 3 is 2.47 bits per heavy atom. The summed E-state index contributed by atoms with van der Waals surface area (Å²) in [5.41, 5.74) is 0.733. The van der Waals surface area contributed by atoms with Crippen LogP contribution in [0.25, 0.3) is 0 Å². The second-order valence-electron chi connectivity index (χ2n) is 4.26. The van der Waals surface area contributed by atoms with Crippen LogP contribution >= 0.6 is 0 Å². The molecular weight excluding hydrogens is 244 g/mol. The molecule has 104 valence electrons. The predicted molar refractivity (Wildman–Crippen MR) is 73.9 cm³/mol. The molecule has 0 aliphatic heterocycles. The molecule has 0 radical (unpaired) electrons. The van der Waals surface area contributed by atoms with Crippen molar-refractivity contribution in [2.24, 2.45) is 5.92 Å². The Hall–Kier alpha value is -2.04. The largest absolute Gasteiger partial charge is 0.469 e. The van der Waals surface area contributed by atoms with Crippen molar-refractivity contribution >= 4 is 17.7 Å². The van der Waals surface area contributed by atoms with Gasteiger partial charge in [-0.15, -0.1) is 0 Å². The Kier molecular flexibility index (Phi) is 5.85. The fourth-order valence-electron chi connectivity index (χ4n) is 1.69. The van der Waals surface area contributed by atoms with Gasteiger partial charge in [-0.25, -0.2) is 4.79 Å². The highest BCUT2D eigenvalue weighted by Crippen LogP contribution is 2.08. The Morgan fingerprint density at radius 1 is 1.32 bits per heavy atom. The number of anilines is 1. The summed E-state index contributed by atoms with van der Waals surface area (Å²) in [4.78, 5) is 25.0. The molecule has 5 heteroatoms. The lowest BCUT2D eigenvalue weighted by Crippen LogP contribution is -2.39. The summed E-state index contributed by atoms with van der Waals surface area (Å²) in [7, 11) is 1.35. The molecule has 1 atom stereocenters. The van der Waals surface area contributed by atoms with Gasteiger partial charge >= 0.3 is 12.0 Å². The van der Waals surface area contributed by atoms with Gasteiger partial charge in [0.05, 0.1) is 13.0 Å². The number of rotatable bonds is 5. The fraction of sp³-hybridized carbons (Fsp3) is 0.429. The lowest BCUT2D eigenvalue weighted by Gasteiger charge is -2.23. The van der Waals surface area contributed by atoms with E-state index in [-0.39, 0.29) is 17.9 Å². The van der Waals surface area contributed by atoms with Crippen LogP contribution < -0.4 is 5.32 Å². The summed E-state index contributed by atoms with van der Waals surface area (Å²) >= 11 is 0. The lowest BCUT2D eigenvalue weighted by atomic mass is 10.2. The number of nitrogens with one attached hydrogen (secondary N) is 1. The van der Waals surface area contributed by atoms with Crippen LogP contribution in [0, 0.1) is 5.92 Å². The number of carbonyl (C=O) groups is 2. The summed E-state index contributed by atoms with van der Waals surface area (Å²) in [6, 6.07) is 8.99. The lowest BCUT2D eigenvalue weighted by molar-refractivity contribution is -0.145. The Labute approximate surface area is 113 Å². The number of hydrogen-bond donors (Lipinski definition) is 1. The summed E-state index contributed by atoms with van der Waals surface area (Å²) < 4.78 is 4.66. The maximum absolute atomic E-state index is 12.1. The zero-order valence-corrected chi connectivity index (χ0v) is 11.6. The van der Waals surface area contributed by atoms with E-state index in [9.17, 15) is 9.59 Å². The number of nitrogens with zero attached hydrogens (tertiary/aromatic N) is 1. The molecule has 2 amide bonds. The van der Waals surface area contributed by atoms with Crippen LogP contribution in [0.3, 0.4) is 0 Å². The van der Waals surface area contributed by atoms with Gasteiger partial charge in [-0.1, -0.05) is 25.1 Å². The van der Waals surface area contributed by atoms with Gasteiger partial charge < -0.3 is 15.0 Å². The van der Waals surface area contributed by atoms with Crippen molar-refractivity contribution in [1.29, 1.82) is 0 Å². The monoisotopic (exact) mass is 264 g/mol. The van der Waals surface area contributed by atoms with Crippen LogP contribution in [0.5, 0.6) is 0 Å². The number of methoxy groups -OCH3 is 1. The van der Waals surface area contributed by atoms with E-state index in [0.717, 1.165) is 5.69 Å². The van der Waals surface area contributed by atoms with Gasteiger partial charge in [-0.3, -0.25) is 4.79 Å². The first-order chi connectivity index (χ1) is 9.08. The van der Waals surface area contributed by atoms with Crippen LogP contribution in [0.4, 0.5) is 10.5 Å². The highest BCUT2D eigenvalue weighted by molar-refractivity contribution is 5.89. The Morgan fingerprint density at radius 2 is 1.95 bits per heavy atom. The molecule has 1 N–H and O–H groups in total. The van der Waals surface area contributed by atoms with Gasteiger partial charge in [-0.2, -0.15) is 0 Å². The minimum atomic E-state index is -0.341. The third kappa shape index (κ3) is 4.62. The van der Waals surface area contributed by atoms with Crippen LogP contribution in [-0.4, -0.2) is 37.1 Å². The Balaban J connectivity index is 2.59. The minimum absolute atomic E-state index is 0.218. The molecule has 5 nitrogen and oxygen atoms in total. The van der Waals surface area contributed by atoms with Crippen molar-refractivity contribution in [2.45, 2.75) is 13.8 Å². The van der Waals surface area contributed by atoms with E-state index in [1.807, 2.05) is 37.3 Å². The summed E-state index contributed by atoms with van der Waals surface area (Å²) in [6.45, 7) is 4.47. The molecule has 0 saturated heterocycles. The fourth-order valence-corrected chi connectivity index (χ4v) is 1.69.